The summed E-state index contributed by atoms with van der Waals surface area (Å²) >= 11 is 1.26. The summed E-state index contributed by atoms with van der Waals surface area (Å²) in [7, 11) is 0. The predicted molar refractivity (Wildman–Crippen MR) is 130 cm³/mol. The quantitative estimate of drug-likeness (QED) is 0.560. The number of nitrogens with one attached hydrogen (secondary N) is 2. The van der Waals surface area contributed by atoms with Crippen molar-refractivity contribution in [3.8, 4) is 11.5 Å². The standard InChI is InChI=1S/C24H25N5O4S/c1-17(30)28-11-13-29(14-12-28)24(32)27-23-25-18(16-34-23)15-22(31)26-20-9-5-6-10-21(20)33-19-7-3-2-4-8-19/h2-10,16H,11-15H2,1H3,(H,26,31)(H,25,27,32). The van der Waals surface area contributed by atoms with Crippen LogP contribution in [0.25, 0.3) is 0 Å². The zero-order valence-electron chi connectivity index (χ0n) is 18.7. The maximum Gasteiger partial charge on any atom is 0.323 e. The molecule has 1 aliphatic heterocycles. The second-order valence-electron chi connectivity index (χ2n) is 7.70. The lowest BCUT2D eigenvalue weighted by atomic mass is 10.2. The number of urea groups is 1. The number of anilines is 2. The van der Waals surface area contributed by atoms with Crippen LogP contribution in [0.15, 0.2) is 60.0 Å². The zero-order valence-corrected chi connectivity index (χ0v) is 19.5. The molecule has 176 valence electrons. The first-order valence-electron chi connectivity index (χ1n) is 10.9. The van der Waals surface area contributed by atoms with Crippen molar-refractivity contribution < 1.29 is 19.1 Å². The van der Waals surface area contributed by atoms with Crippen LogP contribution in [0.4, 0.5) is 15.6 Å². The molecule has 1 aromatic heterocycles. The molecule has 0 atom stereocenters. The van der Waals surface area contributed by atoms with Crippen molar-refractivity contribution in [2.45, 2.75) is 13.3 Å². The first kappa shape index (κ1) is 23.2. The van der Waals surface area contributed by atoms with Crippen molar-refractivity contribution >= 4 is 40.0 Å². The highest BCUT2D eigenvalue weighted by Crippen LogP contribution is 2.29. The number of thiazole rings is 1. The second-order valence-corrected chi connectivity index (χ2v) is 8.56. The van der Waals surface area contributed by atoms with Gasteiger partial charge in [-0.15, -0.1) is 11.3 Å². The van der Waals surface area contributed by atoms with E-state index in [0.29, 0.717) is 54.2 Å². The summed E-state index contributed by atoms with van der Waals surface area (Å²) in [6, 6.07) is 16.3. The van der Waals surface area contributed by atoms with E-state index in [9.17, 15) is 14.4 Å². The maximum absolute atomic E-state index is 12.6. The van der Waals surface area contributed by atoms with Crippen molar-refractivity contribution in [1.82, 2.24) is 14.8 Å². The van der Waals surface area contributed by atoms with Gasteiger partial charge in [-0.3, -0.25) is 14.9 Å². The fourth-order valence-corrected chi connectivity index (χ4v) is 4.17. The normalized spacial score (nSPS) is 13.3. The van der Waals surface area contributed by atoms with Gasteiger partial charge in [-0.1, -0.05) is 30.3 Å². The molecule has 1 aliphatic rings. The Hall–Kier alpha value is -3.92. The SMILES string of the molecule is CC(=O)N1CCN(C(=O)Nc2nc(CC(=O)Nc3ccccc3Oc3ccccc3)cs2)CC1. The molecule has 0 bridgehead atoms. The van der Waals surface area contributed by atoms with E-state index in [0.717, 1.165) is 0 Å². The molecule has 3 aromatic rings. The third-order valence-electron chi connectivity index (χ3n) is 5.25. The number of hydrogen-bond acceptors (Lipinski definition) is 6. The molecule has 0 saturated carbocycles. The minimum Gasteiger partial charge on any atom is -0.455 e. The van der Waals surface area contributed by atoms with Gasteiger partial charge in [0.1, 0.15) is 5.75 Å². The molecule has 0 aliphatic carbocycles. The van der Waals surface area contributed by atoms with E-state index in [4.69, 9.17) is 4.74 Å². The van der Waals surface area contributed by atoms with Crippen LogP contribution in [-0.2, 0) is 16.0 Å². The number of amides is 4. The van der Waals surface area contributed by atoms with Crippen LogP contribution >= 0.6 is 11.3 Å². The summed E-state index contributed by atoms with van der Waals surface area (Å²) in [6.07, 6.45) is 0.0589. The highest BCUT2D eigenvalue weighted by atomic mass is 32.1. The first-order chi connectivity index (χ1) is 16.5. The molecule has 9 nitrogen and oxygen atoms in total. The van der Waals surface area contributed by atoms with Gasteiger partial charge in [0.15, 0.2) is 10.9 Å². The number of hydrogen-bond donors (Lipinski definition) is 2. The van der Waals surface area contributed by atoms with E-state index in [-0.39, 0.29) is 24.3 Å². The minimum absolute atomic E-state index is 0.0113. The van der Waals surface area contributed by atoms with E-state index >= 15 is 0 Å². The molecule has 0 radical (unpaired) electrons. The number of ether oxygens (including phenoxy) is 1. The summed E-state index contributed by atoms with van der Waals surface area (Å²) in [5, 5.41) is 7.81. The summed E-state index contributed by atoms with van der Waals surface area (Å²) in [4.78, 5) is 44.3. The monoisotopic (exact) mass is 479 g/mol. The number of aromatic nitrogens is 1. The van der Waals surface area contributed by atoms with Gasteiger partial charge >= 0.3 is 6.03 Å². The number of carbonyl (C=O) groups is 3. The Labute approximate surface area is 201 Å². The average molecular weight is 480 g/mol. The van der Waals surface area contributed by atoms with E-state index in [1.54, 1.807) is 27.3 Å². The first-order valence-corrected chi connectivity index (χ1v) is 11.7. The Kier molecular flexibility index (Phi) is 7.38. The summed E-state index contributed by atoms with van der Waals surface area (Å²) < 4.78 is 5.88. The molecule has 0 unspecified atom stereocenters. The number of para-hydroxylation sites is 3. The van der Waals surface area contributed by atoms with Gasteiger partial charge in [-0.05, 0) is 24.3 Å². The lowest BCUT2D eigenvalue weighted by molar-refractivity contribution is -0.130. The van der Waals surface area contributed by atoms with Crippen LogP contribution < -0.4 is 15.4 Å². The van der Waals surface area contributed by atoms with Crippen LogP contribution in [0, 0.1) is 0 Å². The molecular weight excluding hydrogens is 454 g/mol. The molecule has 2 aromatic carbocycles. The predicted octanol–water partition coefficient (Wildman–Crippen LogP) is 3.81. The van der Waals surface area contributed by atoms with E-state index < -0.39 is 0 Å². The highest BCUT2D eigenvalue weighted by molar-refractivity contribution is 7.13. The van der Waals surface area contributed by atoms with Gasteiger partial charge < -0.3 is 19.9 Å². The lowest BCUT2D eigenvalue weighted by Crippen LogP contribution is -2.51. The molecule has 4 rings (SSSR count). The molecule has 10 heteroatoms. The van der Waals surface area contributed by atoms with Gasteiger partial charge in [0, 0.05) is 38.5 Å². The maximum atomic E-state index is 12.6. The molecule has 2 heterocycles. The van der Waals surface area contributed by atoms with Crippen molar-refractivity contribution in [3.05, 3.63) is 65.7 Å². The average Bonchev–Trinajstić information content (AvgIpc) is 3.27. The van der Waals surface area contributed by atoms with Crippen molar-refractivity contribution in [2.24, 2.45) is 0 Å². The van der Waals surface area contributed by atoms with Gasteiger partial charge in [-0.25, -0.2) is 9.78 Å². The Morgan fingerprint density at radius 2 is 1.62 bits per heavy atom. The van der Waals surface area contributed by atoms with E-state index in [2.05, 4.69) is 15.6 Å². The lowest BCUT2D eigenvalue weighted by Gasteiger charge is -2.33. The molecule has 1 saturated heterocycles. The largest absolute Gasteiger partial charge is 0.455 e. The highest BCUT2D eigenvalue weighted by Gasteiger charge is 2.23. The molecule has 0 spiro atoms. The Morgan fingerprint density at radius 1 is 0.941 bits per heavy atom. The summed E-state index contributed by atoms with van der Waals surface area (Å²) in [5.74, 6) is 0.981. The second kappa shape index (κ2) is 10.8. The van der Waals surface area contributed by atoms with Gasteiger partial charge in [0.25, 0.3) is 0 Å². The van der Waals surface area contributed by atoms with Crippen LogP contribution in [0.2, 0.25) is 0 Å². The third kappa shape index (κ3) is 6.10. The topological polar surface area (TPSA) is 104 Å². The number of piperazine rings is 1. The van der Waals surface area contributed by atoms with Crippen LogP contribution in [-0.4, -0.2) is 58.8 Å². The van der Waals surface area contributed by atoms with E-state index in [1.807, 2.05) is 42.5 Å². The molecule has 34 heavy (non-hydrogen) atoms. The number of rotatable bonds is 6. The third-order valence-corrected chi connectivity index (χ3v) is 6.06. The molecule has 2 N–H and O–H groups in total. The zero-order chi connectivity index (χ0) is 23.9. The van der Waals surface area contributed by atoms with Crippen LogP contribution in [0.3, 0.4) is 0 Å². The van der Waals surface area contributed by atoms with Gasteiger partial charge in [-0.2, -0.15) is 0 Å². The number of nitrogens with zero attached hydrogens (tertiary/aromatic N) is 3. The minimum atomic E-state index is -0.263. The summed E-state index contributed by atoms with van der Waals surface area (Å²) in [5.41, 5.74) is 1.12. The van der Waals surface area contributed by atoms with Crippen LogP contribution in [0.5, 0.6) is 11.5 Å². The fraction of sp³-hybridized carbons (Fsp3) is 0.250. The molecule has 1 fully saturated rings. The number of carbonyl (C=O) groups excluding carboxylic acids is 3. The molecular formula is C24H25N5O4S. The van der Waals surface area contributed by atoms with Crippen molar-refractivity contribution in [2.75, 3.05) is 36.8 Å². The fourth-order valence-electron chi connectivity index (χ4n) is 3.47. The Morgan fingerprint density at radius 3 is 2.35 bits per heavy atom. The van der Waals surface area contributed by atoms with Crippen molar-refractivity contribution in [1.29, 1.82) is 0 Å². The van der Waals surface area contributed by atoms with Crippen molar-refractivity contribution in [3.63, 3.8) is 0 Å². The van der Waals surface area contributed by atoms with Gasteiger partial charge in [0.05, 0.1) is 17.8 Å². The van der Waals surface area contributed by atoms with Gasteiger partial charge in [0.2, 0.25) is 11.8 Å². The summed E-state index contributed by atoms with van der Waals surface area (Å²) in [6.45, 7) is 3.49. The molecule has 4 amide bonds. The van der Waals surface area contributed by atoms with E-state index in [1.165, 1.54) is 18.3 Å². The van der Waals surface area contributed by atoms with Crippen LogP contribution in [0.1, 0.15) is 12.6 Å². The Balaban J connectivity index is 1.30. The number of benzene rings is 2. The Bertz CT molecular complexity index is 1160. The smallest absolute Gasteiger partial charge is 0.323 e.